The summed E-state index contributed by atoms with van der Waals surface area (Å²) in [7, 11) is 0. The molecule has 3 aromatic heterocycles. The number of aromatic nitrogens is 6. The van der Waals surface area contributed by atoms with Crippen LogP contribution < -0.4 is 0 Å². The van der Waals surface area contributed by atoms with Crippen LogP contribution in [0.3, 0.4) is 0 Å². The van der Waals surface area contributed by atoms with Gasteiger partial charge in [-0.15, -0.1) is 21.5 Å². The highest BCUT2D eigenvalue weighted by molar-refractivity contribution is 7.13. The van der Waals surface area contributed by atoms with E-state index in [1.165, 1.54) is 0 Å². The molecule has 0 aliphatic carbocycles. The van der Waals surface area contributed by atoms with Gasteiger partial charge in [-0.2, -0.15) is 0 Å². The molecule has 0 N–H and O–H groups in total. The van der Waals surface area contributed by atoms with Gasteiger partial charge < -0.3 is 9.64 Å². The van der Waals surface area contributed by atoms with Gasteiger partial charge in [-0.3, -0.25) is 9.13 Å². The first-order chi connectivity index (χ1) is 14.4. The highest BCUT2D eigenvalue weighted by Crippen LogP contribution is 2.35. The number of fused-ring (bicyclic) bond motifs is 6. The summed E-state index contributed by atoms with van der Waals surface area (Å²) in [6.07, 6.45) is 13.5. The topological polar surface area (TPSA) is 86.2 Å². The summed E-state index contributed by atoms with van der Waals surface area (Å²) < 4.78 is 9.80. The van der Waals surface area contributed by atoms with E-state index in [1.807, 2.05) is 20.7 Å². The molecule has 1 atom stereocenters. The Morgan fingerprint density at radius 2 is 2.07 bits per heavy atom. The number of amidine groups is 1. The monoisotopic (exact) mass is 406 g/mol. The third kappa shape index (κ3) is 2.67. The Labute approximate surface area is 170 Å². The second-order valence-corrected chi connectivity index (χ2v) is 7.86. The molecule has 0 amide bonds. The summed E-state index contributed by atoms with van der Waals surface area (Å²) in [5.74, 6) is 3.50. The fourth-order valence-electron chi connectivity index (χ4n) is 4.01. The predicted octanol–water partition coefficient (Wildman–Crippen LogP) is 2.52. The highest BCUT2D eigenvalue weighted by Gasteiger charge is 2.38. The van der Waals surface area contributed by atoms with E-state index in [1.54, 1.807) is 30.1 Å². The van der Waals surface area contributed by atoms with Crippen molar-refractivity contribution in [2.45, 2.75) is 18.9 Å². The first-order valence-electron chi connectivity index (χ1n) is 9.58. The normalized spacial score (nSPS) is 21.2. The van der Waals surface area contributed by atoms with Crippen LogP contribution in [0.5, 0.6) is 0 Å². The number of hydrogen-bond donors (Lipinski definition) is 0. The Balaban J connectivity index is 1.50. The number of morpholine rings is 1. The van der Waals surface area contributed by atoms with Crippen molar-refractivity contribution in [3.05, 3.63) is 48.3 Å². The molecule has 1 saturated heterocycles. The second kappa shape index (κ2) is 6.75. The van der Waals surface area contributed by atoms with Crippen LogP contribution in [0.15, 0.2) is 47.4 Å². The lowest BCUT2D eigenvalue weighted by Crippen LogP contribution is -2.48. The maximum Gasteiger partial charge on any atom is 0.175 e. The first-order valence-corrected chi connectivity index (χ1v) is 10.5. The smallest absolute Gasteiger partial charge is 0.175 e. The van der Waals surface area contributed by atoms with Gasteiger partial charge in [-0.05, 0) is 18.9 Å². The van der Waals surface area contributed by atoms with Crippen LogP contribution in [0.25, 0.3) is 22.4 Å². The van der Waals surface area contributed by atoms with E-state index in [4.69, 9.17) is 9.73 Å². The Hall–Kier alpha value is -3.11. The minimum absolute atomic E-state index is 0.0176. The molecule has 146 valence electrons. The Morgan fingerprint density at radius 3 is 3.00 bits per heavy atom. The average Bonchev–Trinajstić information content (AvgIpc) is 3.49. The van der Waals surface area contributed by atoms with E-state index in [0.29, 0.717) is 13.2 Å². The molecule has 1 unspecified atom stereocenters. The number of hydrogen-bond acceptors (Lipinski definition) is 8. The highest BCUT2D eigenvalue weighted by atomic mass is 32.1. The average molecular weight is 406 g/mol. The molecular weight excluding hydrogens is 388 g/mol. The van der Waals surface area contributed by atoms with E-state index >= 15 is 0 Å². The van der Waals surface area contributed by atoms with Crippen LogP contribution in [0, 0.1) is 0 Å². The van der Waals surface area contributed by atoms with Gasteiger partial charge in [0.25, 0.3) is 0 Å². The van der Waals surface area contributed by atoms with E-state index in [0.717, 1.165) is 53.4 Å². The zero-order valence-corrected chi connectivity index (χ0v) is 16.4. The third-order valence-electron chi connectivity index (χ3n) is 5.32. The first kappa shape index (κ1) is 16.8. The summed E-state index contributed by atoms with van der Waals surface area (Å²) in [4.78, 5) is 16.4. The van der Waals surface area contributed by atoms with Crippen LogP contribution in [0.1, 0.15) is 24.7 Å². The van der Waals surface area contributed by atoms with Crippen molar-refractivity contribution >= 4 is 28.7 Å². The lowest BCUT2D eigenvalue weighted by molar-refractivity contribution is 0.0205. The van der Waals surface area contributed by atoms with Gasteiger partial charge in [0.15, 0.2) is 22.5 Å². The van der Waals surface area contributed by atoms with Gasteiger partial charge >= 0.3 is 0 Å². The van der Waals surface area contributed by atoms with Crippen LogP contribution in [-0.4, -0.2) is 59.8 Å². The molecule has 6 rings (SSSR count). The van der Waals surface area contributed by atoms with Crippen molar-refractivity contribution in [3.63, 3.8) is 0 Å². The Kier molecular flexibility index (Phi) is 3.91. The number of thiazole rings is 1. The van der Waals surface area contributed by atoms with Crippen LogP contribution >= 0.6 is 11.3 Å². The summed E-state index contributed by atoms with van der Waals surface area (Å²) >= 11 is 1.57. The fraction of sp³-hybridized carbons (Fsp3) is 0.316. The quantitative estimate of drug-likeness (QED) is 0.650. The molecule has 29 heavy (non-hydrogen) atoms. The van der Waals surface area contributed by atoms with E-state index < -0.39 is 0 Å². The van der Waals surface area contributed by atoms with E-state index in [9.17, 15) is 0 Å². The standard InChI is InChI=1S/C19H18N8OS/c1-2-4-15(26-7-5-20-18(26)19-21-6-10-29-19)23-16-13(3-1)27-12-22-24-17(27)14-11-28-9-8-25(14)16/h3-7,10,12,14H,1-2,8-9,11H2. The second-order valence-electron chi connectivity index (χ2n) is 6.97. The van der Waals surface area contributed by atoms with Crippen LogP contribution in [-0.2, 0) is 4.74 Å². The molecule has 0 bridgehead atoms. The third-order valence-corrected chi connectivity index (χ3v) is 6.09. The van der Waals surface area contributed by atoms with Gasteiger partial charge in [0.2, 0.25) is 0 Å². The van der Waals surface area contributed by atoms with Crippen molar-refractivity contribution in [1.82, 2.24) is 34.2 Å². The Bertz CT molecular complexity index is 1140. The number of ether oxygens (including phenoxy) is 1. The minimum atomic E-state index is 0.0176. The van der Waals surface area contributed by atoms with Crippen LogP contribution in [0.2, 0.25) is 0 Å². The number of rotatable bonds is 2. The molecule has 3 aromatic rings. The molecule has 3 aliphatic heterocycles. The summed E-state index contributed by atoms with van der Waals surface area (Å²) in [6, 6.07) is 0.0176. The molecule has 0 radical (unpaired) electrons. The zero-order chi connectivity index (χ0) is 19.2. The molecule has 6 heterocycles. The lowest BCUT2D eigenvalue weighted by atomic mass is 10.1. The van der Waals surface area contributed by atoms with Gasteiger partial charge in [-0.1, -0.05) is 6.08 Å². The number of imidazole rings is 1. The molecule has 0 saturated carbocycles. The molecule has 1 fully saturated rings. The molecular formula is C19H18N8OS. The van der Waals surface area contributed by atoms with Crippen molar-refractivity contribution in [3.8, 4) is 10.8 Å². The van der Waals surface area contributed by atoms with Crippen molar-refractivity contribution in [1.29, 1.82) is 0 Å². The summed E-state index contributed by atoms with van der Waals surface area (Å²) in [5.41, 5.74) is 1.03. The SMILES string of the molecule is C1=C(n2ccnc2-c2nccs2)N=C2C(=CCC1)n1cnnc1C1COCCN21. The predicted molar refractivity (Wildman–Crippen MR) is 109 cm³/mol. The van der Waals surface area contributed by atoms with E-state index in [2.05, 4.69) is 37.2 Å². The van der Waals surface area contributed by atoms with Crippen molar-refractivity contribution < 1.29 is 4.74 Å². The molecule has 0 aromatic carbocycles. The largest absolute Gasteiger partial charge is 0.377 e. The zero-order valence-electron chi connectivity index (χ0n) is 15.5. The maximum absolute atomic E-state index is 5.73. The van der Waals surface area contributed by atoms with Gasteiger partial charge in [0.05, 0.1) is 18.9 Å². The van der Waals surface area contributed by atoms with Gasteiger partial charge in [0, 0.05) is 30.5 Å². The number of nitrogens with zero attached hydrogens (tertiary/aromatic N) is 8. The molecule has 3 aliphatic rings. The summed E-state index contributed by atoms with van der Waals surface area (Å²) in [5, 5.41) is 11.4. The number of allylic oxidation sites excluding steroid dienone is 2. The number of aliphatic imine (C=N–C) groups is 1. The lowest BCUT2D eigenvalue weighted by Gasteiger charge is -2.41. The van der Waals surface area contributed by atoms with Crippen molar-refractivity contribution in [2.75, 3.05) is 19.8 Å². The van der Waals surface area contributed by atoms with Crippen molar-refractivity contribution in [2.24, 2.45) is 4.99 Å². The van der Waals surface area contributed by atoms with Gasteiger partial charge in [-0.25, -0.2) is 15.0 Å². The fourth-order valence-corrected chi connectivity index (χ4v) is 4.64. The molecule has 9 nitrogen and oxygen atoms in total. The molecule has 0 spiro atoms. The Morgan fingerprint density at radius 1 is 1.10 bits per heavy atom. The van der Waals surface area contributed by atoms with Gasteiger partial charge in [0.1, 0.15) is 18.2 Å². The maximum atomic E-state index is 5.73. The van der Waals surface area contributed by atoms with E-state index in [-0.39, 0.29) is 6.04 Å². The minimum Gasteiger partial charge on any atom is -0.377 e. The summed E-state index contributed by atoms with van der Waals surface area (Å²) in [6.45, 7) is 2.02. The molecule has 10 heteroatoms. The van der Waals surface area contributed by atoms with Crippen LogP contribution in [0.4, 0.5) is 0 Å².